The molecule has 1 atom stereocenters. The monoisotopic (exact) mass is 497 g/mol. The predicted octanol–water partition coefficient (Wildman–Crippen LogP) is 1.52. The van der Waals surface area contributed by atoms with Crippen LogP contribution in [0.15, 0.2) is 29.2 Å². The van der Waals surface area contributed by atoms with Crippen LogP contribution < -0.4 is 0 Å². The Morgan fingerprint density at radius 1 is 0.909 bits per heavy atom. The Kier molecular flexibility index (Phi) is 7.77. The van der Waals surface area contributed by atoms with Gasteiger partial charge in [0.15, 0.2) is 9.84 Å². The third-order valence-electron chi connectivity index (χ3n) is 7.15. The largest absolute Gasteiger partial charge is 0.340 e. The summed E-state index contributed by atoms with van der Waals surface area (Å²) in [6, 6.07) is 7.05. The van der Waals surface area contributed by atoms with Crippen LogP contribution >= 0.6 is 0 Å². The van der Waals surface area contributed by atoms with Gasteiger partial charge in [-0.2, -0.15) is 4.31 Å². The van der Waals surface area contributed by atoms with Crippen molar-refractivity contribution in [3.63, 3.8) is 0 Å². The van der Waals surface area contributed by atoms with Gasteiger partial charge in [-0.05, 0) is 43.4 Å². The number of rotatable bonds is 6. The number of hydrogen-bond donors (Lipinski definition) is 0. The number of sulfonamides is 1. The molecule has 0 bridgehead atoms. The summed E-state index contributed by atoms with van der Waals surface area (Å²) in [6.07, 6.45) is 5.63. The molecule has 0 saturated carbocycles. The predicted molar refractivity (Wildman–Crippen MR) is 127 cm³/mol. The number of sulfone groups is 1. The van der Waals surface area contributed by atoms with Gasteiger partial charge in [0.2, 0.25) is 15.9 Å². The Labute approximate surface area is 197 Å². The van der Waals surface area contributed by atoms with E-state index in [1.807, 2.05) is 17.0 Å². The lowest BCUT2D eigenvalue weighted by Crippen LogP contribution is -2.52. The van der Waals surface area contributed by atoms with Crippen molar-refractivity contribution in [1.82, 2.24) is 14.1 Å². The van der Waals surface area contributed by atoms with E-state index in [2.05, 4.69) is 4.90 Å². The van der Waals surface area contributed by atoms with Crippen LogP contribution in [0.5, 0.6) is 0 Å². The molecule has 0 radical (unpaired) electrons. The summed E-state index contributed by atoms with van der Waals surface area (Å²) < 4.78 is 50.9. The molecule has 1 aromatic carbocycles. The maximum absolute atomic E-state index is 12.9. The smallest absolute Gasteiger partial charge is 0.243 e. The molecule has 3 aliphatic heterocycles. The zero-order chi connectivity index (χ0) is 23.5. The molecule has 184 valence electrons. The molecule has 8 nitrogen and oxygen atoms in total. The third kappa shape index (κ3) is 6.15. The van der Waals surface area contributed by atoms with Crippen molar-refractivity contribution >= 4 is 25.8 Å². The molecule has 10 heteroatoms. The van der Waals surface area contributed by atoms with E-state index in [1.165, 1.54) is 0 Å². The molecule has 0 N–H and O–H groups in total. The van der Waals surface area contributed by atoms with Crippen LogP contribution in [0.25, 0.3) is 0 Å². The maximum Gasteiger partial charge on any atom is 0.243 e. The zero-order valence-electron chi connectivity index (χ0n) is 19.2. The van der Waals surface area contributed by atoms with Gasteiger partial charge in [0, 0.05) is 51.7 Å². The highest BCUT2D eigenvalue weighted by Crippen LogP contribution is 2.22. The Morgan fingerprint density at radius 3 is 2.12 bits per heavy atom. The second kappa shape index (κ2) is 10.4. The number of carbonyl (C=O) groups excluding carboxylic acids is 1. The molecule has 33 heavy (non-hydrogen) atoms. The first-order valence-electron chi connectivity index (χ1n) is 12.1. The SMILES string of the molecule is O=C(CCc1ccc(S(=O)(=O)N2CCCCCC2)cc1)N1CCN([C@H]2CCS(=O)(=O)C2)CC1. The summed E-state index contributed by atoms with van der Waals surface area (Å²) in [7, 11) is -6.35. The van der Waals surface area contributed by atoms with E-state index in [0.29, 0.717) is 50.3 Å². The van der Waals surface area contributed by atoms with Crippen molar-refractivity contribution < 1.29 is 21.6 Å². The van der Waals surface area contributed by atoms with Crippen LogP contribution in [0.2, 0.25) is 0 Å². The zero-order valence-corrected chi connectivity index (χ0v) is 20.8. The van der Waals surface area contributed by atoms with Gasteiger partial charge in [-0.3, -0.25) is 9.69 Å². The molecule has 3 heterocycles. The number of amides is 1. The van der Waals surface area contributed by atoms with E-state index in [4.69, 9.17) is 0 Å². The lowest BCUT2D eigenvalue weighted by atomic mass is 10.1. The van der Waals surface area contributed by atoms with Crippen LogP contribution in [-0.4, -0.2) is 93.7 Å². The lowest BCUT2D eigenvalue weighted by Gasteiger charge is -2.37. The average molecular weight is 498 g/mol. The number of carbonyl (C=O) groups is 1. The second-order valence-corrected chi connectivity index (χ2v) is 13.6. The number of benzene rings is 1. The molecular weight excluding hydrogens is 462 g/mol. The normalized spacial score (nSPS) is 25.1. The fraction of sp³-hybridized carbons (Fsp3) is 0.696. The van der Waals surface area contributed by atoms with Gasteiger partial charge in [0.25, 0.3) is 0 Å². The molecule has 1 amide bonds. The molecule has 0 aliphatic carbocycles. The van der Waals surface area contributed by atoms with Gasteiger partial charge < -0.3 is 4.90 Å². The number of aryl methyl sites for hydroxylation is 1. The van der Waals surface area contributed by atoms with E-state index in [-0.39, 0.29) is 23.5 Å². The molecule has 3 saturated heterocycles. The summed E-state index contributed by atoms with van der Waals surface area (Å²) in [4.78, 5) is 17.1. The molecule has 0 unspecified atom stereocenters. The Hall–Kier alpha value is -1.49. The minimum absolute atomic E-state index is 0.0926. The highest BCUT2D eigenvalue weighted by Gasteiger charge is 2.34. The van der Waals surface area contributed by atoms with Crippen LogP contribution in [0.4, 0.5) is 0 Å². The van der Waals surface area contributed by atoms with Crippen LogP contribution in [0.1, 0.15) is 44.1 Å². The van der Waals surface area contributed by atoms with Gasteiger partial charge >= 0.3 is 0 Å². The Balaban J connectivity index is 1.25. The van der Waals surface area contributed by atoms with Crippen molar-refractivity contribution in [2.24, 2.45) is 0 Å². The van der Waals surface area contributed by atoms with Gasteiger partial charge in [-0.1, -0.05) is 25.0 Å². The highest BCUT2D eigenvalue weighted by molar-refractivity contribution is 7.91. The fourth-order valence-electron chi connectivity index (χ4n) is 5.07. The third-order valence-corrected chi connectivity index (χ3v) is 10.8. The summed E-state index contributed by atoms with van der Waals surface area (Å²) in [5, 5.41) is 0. The lowest BCUT2D eigenvalue weighted by molar-refractivity contribution is -0.133. The van der Waals surface area contributed by atoms with Gasteiger partial charge in [-0.15, -0.1) is 0 Å². The summed E-state index contributed by atoms with van der Waals surface area (Å²) >= 11 is 0. The number of piperazine rings is 1. The first kappa shape index (κ1) is 24.6. The molecule has 0 spiro atoms. The Morgan fingerprint density at radius 2 is 1.55 bits per heavy atom. The van der Waals surface area contributed by atoms with Gasteiger partial charge in [0.1, 0.15) is 0 Å². The minimum Gasteiger partial charge on any atom is -0.340 e. The minimum atomic E-state index is -3.45. The molecule has 4 rings (SSSR count). The molecule has 3 fully saturated rings. The van der Waals surface area contributed by atoms with Gasteiger partial charge in [0.05, 0.1) is 16.4 Å². The van der Waals surface area contributed by atoms with Crippen molar-refractivity contribution in [3.8, 4) is 0 Å². The van der Waals surface area contributed by atoms with E-state index >= 15 is 0 Å². The highest BCUT2D eigenvalue weighted by atomic mass is 32.2. The second-order valence-electron chi connectivity index (χ2n) is 9.44. The van der Waals surface area contributed by atoms with E-state index in [0.717, 1.165) is 44.3 Å². The quantitative estimate of drug-likeness (QED) is 0.591. The van der Waals surface area contributed by atoms with Gasteiger partial charge in [-0.25, -0.2) is 16.8 Å². The maximum atomic E-state index is 12.9. The first-order chi connectivity index (χ1) is 15.7. The van der Waals surface area contributed by atoms with Crippen molar-refractivity contribution in [1.29, 1.82) is 0 Å². The van der Waals surface area contributed by atoms with Crippen molar-refractivity contribution in [2.45, 2.75) is 55.9 Å². The first-order valence-corrected chi connectivity index (χ1v) is 15.3. The summed E-state index contributed by atoms with van der Waals surface area (Å²) in [5.41, 5.74) is 0.952. The van der Waals surface area contributed by atoms with Crippen LogP contribution in [0, 0.1) is 0 Å². The molecule has 0 aromatic heterocycles. The molecular formula is C23H35N3O5S2. The van der Waals surface area contributed by atoms with Crippen molar-refractivity contribution in [2.75, 3.05) is 50.8 Å². The summed E-state index contributed by atoms with van der Waals surface area (Å²) in [5.74, 6) is 0.606. The topological polar surface area (TPSA) is 95.1 Å². The van der Waals surface area contributed by atoms with E-state index < -0.39 is 19.9 Å². The van der Waals surface area contributed by atoms with Crippen LogP contribution in [-0.2, 0) is 31.1 Å². The van der Waals surface area contributed by atoms with Crippen LogP contribution in [0.3, 0.4) is 0 Å². The molecule has 3 aliphatic rings. The fourth-order valence-corrected chi connectivity index (χ4v) is 8.35. The average Bonchev–Trinajstić information content (AvgIpc) is 3.00. The van der Waals surface area contributed by atoms with E-state index in [9.17, 15) is 21.6 Å². The van der Waals surface area contributed by atoms with E-state index in [1.54, 1.807) is 16.4 Å². The molecule has 1 aromatic rings. The number of nitrogens with zero attached hydrogens (tertiary/aromatic N) is 3. The summed E-state index contributed by atoms with van der Waals surface area (Å²) in [6.45, 7) is 3.86. The number of hydrogen-bond acceptors (Lipinski definition) is 6. The Bertz CT molecular complexity index is 1020. The standard InChI is InChI=1S/C23H35N3O5S2/c27-23(25-16-14-24(15-17-25)21-11-18-32(28,29)19-21)10-7-20-5-8-22(9-6-20)33(30,31)26-12-3-1-2-4-13-26/h5-6,8-9,21H,1-4,7,10-19H2/t21-/m0/s1. The van der Waals surface area contributed by atoms with Crippen molar-refractivity contribution in [3.05, 3.63) is 29.8 Å².